The van der Waals surface area contributed by atoms with Gasteiger partial charge < -0.3 is 0 Å². The zero-order chi connectivity index (χ0) is 16.6. The molecule has 0 saturated carbocycles. The Kier molecular flexibility index (Phi) is 4.77. The van der Waals surface area contributed by atoms with Crippen LogP contribution in [0.2, 0.25) is 0 Å². The number of benzene rings is 2. The van der Waals surface area contributed by atoms with Gasteiger partial charge in [-0.2, -0.15) is 0 Å². The standard InChI is InChI=1S/C18H12F3IS/c1-10-2-3-13(22)6-11(10)7-14-4-5-17(23-14)12-8-15(19)18(21)16(20)9-12/h2-6,8-9H,7H2,1H3. The lowest BCUT2D eigenvalue weighted by Gasteiger charge is -2.05. The van der Waals surface area contributed by atoms with Gasteiger partial charge in [-0.25, -0.2) is 13.2 Å². The topological polar surface area (TPSA) is 0 Å². The van der Waals surface area contributed by atoms with Crippen molar-refractivity contribution in [3.63, 3.8) is 0 Å². The first-order valence-electron chi connectivity index (χ1n) is 6.92. The average molecular weight is 444 g/mol. The van der Waals surface area contributed by atoms with E-state index in [1.54, 1.807) is 0 Å². The molecule has 0 amide bonds. The van der Waals surface area contributed by atoms with E-state index in [-0.39, 0.29) is 0 Å². The first kappa shape index (κ1) is 16.5. The van der Waals surface area contributed by atoms with Crippen molar-refractivity contribution in [2.24, 2.45) is 0 Å². The molecule has 118 valence electrons. The molecule has 0 aliphatic carbocycles. The molecule has 0 radical (unpaired) electrons. The monoisotopic (exact) mass is 444 g/mol. The van der Waals surface area contributed by atoms with Crippen LogP contribution in [0.25, 0.3) is 10.4 Å². The highest BCUT2D eigenvalue weighted by atomic mass is 127. The summed E-state index contributed by atoms with van der Waals surface area (Å²) in [4.78, 5) is 1.82. The first-order chi connectivity index (χ1) is 10.9. The van der Waals surface area contributed by atoms with Gasteiger partial charge in [-0.3, -0.25) is 0 Å². The molecule has 2 aromatic carbocycles. The van der Waals surface area contributed by atoms with E-state index in [0.717, 1.165) is 28.3 Å². The van der Waals surface area contributed by atoms with E-state index in [1.165, 1.54) is 26.0 Å². The van der Waals surface area contributed by atoms with Crippen LogP contribution in [0.3, 0.4) is 0 Å². The Hall–Kier alpha value is -1.34. The SMILES string of the molecule is Cc1ccc(I)cc1Cc1ccc(-c2cc(F)c(F)c(F)c2)s1. The summed E-state index contributed by atoms with van der Waals surface area (Å²) in [5, 5.41) is 0. The van der Waals surface area contributed by atoms with Crippen molar-refractivity contribution in [2.75, 3.05) is 0 Å². The quantitative estimate of drug-likeness (QED) is 0.327. The Balaban J connectivity index is 1.90. The van der Waals surface area contributed by atoms with E-state index in [0.29, 0.717) is 5.56 Å². The van der Waals surface area contributed by atoms with Crippen LogP contribution in [0, 0.1) is 27.9 Å². The highest BCUT2D eigenvalue weighted by Gasteiger charge is 2.13. The third kappa shape index (κ3) is 3.61. The van der Waals surface area contributed by atoms with Crippen LogP contribution in [-0.2, 0) is 6.42 Å². The van der Waals surface area contributed by atoms with Crippen LogP contribution in [0.1, 0.15) is 16.0 Å². The number of thiophene rings is 1. The Morgan fingerprint density at radius 2 is 1.65 bits per heavy atom. The van der Waals surface area contributed by atoms with Gasteiger partial charge in [0.1, 0.15) is 0 Å². The summed E-state index contributed by atoms with van der Waals surface area (Å²) >= 11 is 3.73. The molecule has 0 spiro atoms. The molecule has 1 aromatic heterocycles. The van der Waals surface area contributed by atoms with Crippen LogP contribution < -0.4 is 0 Å². The molecule has 0 aliphatic rings. The predicted molar refractivity (Wildman–Crippen MR) is 96.3 cm³/mol. The van der Waals surface area contributed by atoms with Gasteiger partial charge in [-0.05, 0) is 82.6 Å². The second kappa shape index (κ2) is 6.65. The lowest BCUT2D eigenvalue weighted by atomic mass is 10.1. The highest BCUT2D eigenvalue weighted by Crippen LogP contribution is 2.31. The molecule has 0 atom stereocenters. The Labute approximate surface area is 150 Å². The maximum Gasteiger partial charge on any atom is 0.194 e. The zero-order valence-corrected chi connectivity index (χ0v) is 15.1. The van der Waals surface area contributed by atoms with Gasteiger partial charge in [0, 0.05) is 19.7 Å². The molecule has 0 bridgehead atoms. The minimum Gasteiger partial charge on any atom is -0.204 e. The molecule has 23 heavy (non-hydrogen) atoms. The predicted octanol–water partition coefficient (Wildman–Crippen LogP) is 6.34. The third-order valence-electron chi connectivity index (χ3n) is 3.61. The number of rotatable bonds is 3. The molecule has 3 aromatic rings. The molecule has 0 fully saturated rings. The van der Waals surface area contributed by atoms with Gasteiger partial charge >= 0.3 is 0 Å². The Morgan fingerprint density at radius 1 is 0.957 bits per heavy atom. The van der Waals surface area contributed by atoms with Gasteiger partial charge in [-0.15, -0.1) is 11.3 Å². The summed E-state index contributed by atoms with van der Waals surface area (Å²) < 4.78 is 41.0. The Bertz CT molecular complexity index is 847. The van der Waals surface area contributed by atoms with Crippen molar-refractivity contribution < 1.29 is 13.2 Å². The summed E-state index contributed by atoms with van der Waals surface area (Å²) in [6, 6.07) is 12.1. The van der Waals surface area contributed by atoms with Gasteiger partial charge in [0.05, 0.1) is 0 Å². The van der Waals surface area contributed by atoms with Crippen molar-refractivity contribution in [3.8, 4) is 10.4 Å². The number of hydrogen-bond acceptors (Lipinski definition) is 1. The third-order valence-corrected chi connectivity index (χ3v) is 5.41. The maximum atomic E-state index is 13.4. The summed E-state index contributed by atoms with van der Waals surface area (Å²) in [6.45, 7) is 2.06. The van der Waals surface area contributed by atoms with E-state index in [4.69, 9.17) is 0 Å². The molecule has 3 rings (SSSR count). The van der Waals surface area contributed by atoms with Crippen LogP contribution in [0.5, 0.6) is 0 Å². The summed E-state index contributed by atoms with van der Waals surface area (Å²) in [5.41, 5.74) is 2.79. The normalized spacial score (nSPS) is 11.0. The lowest BCUT2D eigenvalue weighted by molar-refractivity contribution is 0.448. The smallest absolute Gasteiger partial charge is 0.194 e. The minimum atomic E-state index is -1.43. The van der Waals surface area contributed by atoms with E-state index in [1.807, 2.05) is 12.1 Å². The van der Waals surface area contributed by atoms with Crippen molar-refractivity contribution in [1.29, 1.82) is 0 Å². The summed E-state index contributed by atoms with van der Waals surface area (Å²) in [6.07, 6.45) is 0.763. The van der Waals surface area contributed by atoms with Crippen LogP contribution >= 0.6 is 33.9 Å². The van der Waals surface area contributed by atoms with Crippen LogP contribution in [0.15, 0.2) is 42.5 Å². The first-order valence-corrected chi connectivity index (χ1v) is 8.82. The van der Waals surface area contributed by atoms with E-state index in [9.17, 15) is 13.2 Å². The van der Waals surface area contributed by atoms with E-state index >= 15 is 0 Å². The lowest BCUT2D eigenvalue weighted by Crippen LogP contribution is -1.91. The van der Waals surface area contributed by atoms with Crippen molar-refractivity contribution in [3.05, 3.63) is 79.5 Å². The maximum absolute atomic E-state index is 13.4. The Morgan fingerprint density at radius 3 is 2.35 bits per heavy atom. The average Bonchev–Trinajstić information content (AvgIpc) is 2.96. The second-order valence-electron chi connectivity index (χ2n) is 5.27. The van der Waals surface area contributed by atoms with Gasteiger partial charge in [-0.1, -0.05) is 6.07 Å². The summed E-state index contributed by atoms with van der Waals surface area (Å²) in [5.74, 6) is -3.76. The molecule has 0 N–H and O–H groups in total. The van der Waals surface area contributed by atoms with E-state index < -0.39 is 17.5 Å². The molecular formula is C18H12F3IS. The molecule has 0 aliphatic heterocycles. The van der Waals surface area contributed by atoms with E-state index in [2.05, 4.69) is 47.7 Å². The fourth-order valence-corrected chi connectivity index (χ4v) is 3.92. The largest absolute Gasteiger partial charge is 0.204 e. The van der Waals surface area contributed by atoms with Crippen molar-refractivity contribution >= 4 is 33.9 Å². The molecule has 0 saturated heterocycles. The highest BCUT2D eigenvalue weighted by molar-refractivity contribution is 14.1. The van der Waals surface area contributed by atoms with Gasteiger partial charge in [0.2, 0.25) is 0 Å². The molecular weight excluding hydrogens is 432 g/mol. The fourth-order valence-electron chi connectivity index (χ4n) is 2.34. The minimum absolute atomic E-state index is 0.358. The summed E-state index contributed by atoms with van der Waals surface area (Å²) in [7, 11) is 0. The van der Waals surface area contributed by atoms with Gasteiger partial charge in [0.15, 0.2) is 17.5 Å². The van der Waals surface area contributed by atoms with Crippen LogP contribution in [-0.4, -0.2) is 0 Å². The number of halogens is 4. The molecule has 5 heteroatoms. The molecule has 0 unspecified atom stereocenters. The second-order valence-corrected chi connectivity index (χ2v) is 7.68. The molecule has 1 heterocycles. The number of hydrogen-bond donors (Lipinski definition) is 0. The molecule has 0 nitrogen and oxygen atoms in total. The fraction of sp³-hybridized carbons (Fsp3) is 0.111. The number of aryl methyl sites for hydroxylation is 1. The van der Waals surface area contributed by atoms with Crippen LogP contribution in [0.4, 0.5) is 13.2 Å². The van der Waals surface area contributed by atoms with Crippen molar-refractivity contribution in [2.45, 2.75) is 13.3 Å². The zero-order valence-electron chi connectivity index (χ0n) is 12.2. The van der Waals surface area contributed by atoms with Crippen molar-refractivity contribution in [1.82, 2.24) is 0 Å². The van der Waals surface area contributed by atoms with Gasteiger partial charge in [0.25, 0.3) is 0 Å².